The van der Waals surface area contributed by atoms with Crippen LogP contribution >= 0.6 is 0 Å². The number of nitriles is 1. The average Bonchev–Trinajstić information content (AvgIpc) is 3.02. The highest BCUT2D eigenvalue weighted by Gasteiger charge is 2.16. The molecule has 1 aromatic carbocycles. The minimum Gasteiger partial charge on any atom is -0.453 e. The molecule has 0 fully saturated rings. The number of nitrogens with two attached hydrogens (primary N) is 1. The van der Waals surface area contributed by atoms with Crippen LogP contribution in [0, 0.1) is 18.3 Å². The van der Waals surface area contributed by atoms with Gasteiger partial charge >= 0.3 is 0 Å². The molecule has 29 heavy (non-hydrogen) atoms. The van der Waals surface area contributed by atoms with E-state index in [1.165, 1.54) is 12.3 Å². The number of hydrogen-bond acceptors (Lipinski definition) is 5. The van der Waals surface area contributed by atoms with Crippen molar-refractivity contribution in [2.75, 3.05) is 6.54 Å². The highest BCUT2D eigenvalue weighted by Crippen LogP contribution is 2.30. The van der Waals surface area contributed by atoms with Crippen LogP contribution in [0.4, 0.5) is 8.78 Å². The molecule has 7 nitrogen and oxygen atoms in total. The largest absolute Gasteiger partial charge is 0.453 e. The minimum absolute atomic E-state index is 0.290. The van der Waals surface area contributed by atoms with Gasteiger partial charge in [0.15, 0.2) is 11.6 Å². The van der Waals surface area contributed by atoms with Crippen molar-refractivity contribution < 1.29 is 13.5 Å². The highest BCUT2D eigenvalue weighted by molar-refractivity contribution is 6.04. The van der Waals surface area contributed by atoms with Crippen LogP contribution in [0.5, 0.6) is 11.5 Å². The number of alkyl halides is 2. The van der Waals surface area contributed by atoms with Crippen LogP contribution in [-0.2, 0) is 6.54 Å². The molecule has 2 aromatic rings. The summed E-state index contributed by atoms with van der Waals surface area (Å²) in [7, 11) is 0. The molecule has 0 saturated heterocycles. The number of aliphatic imine (C=N–C) groups is 2. The molecule has 0 aliphatic carbocycles. The number of halogens is 2. The van der Waals surface area contributed by atoms with E-state index in [9.17, 15) is 14.0 Å². The van der Waals surface area contributed by atoms with Crippen LogP contribution in [0.15, 0.2) is 46.2 Å². The third-order valence-corrected chi connectivity index (χ3v) is 4.04. The summed E-state index contributed by atoms with van der Waals surface area (Å²) in [6.45, 7) is 7.04. The first-order chi connectivity index (χ1) is 13.9. The van der Waals surface area contributed by atoms with Gasteiger partial charge in [0.25, 0.3) is 6.43 Å². The zero-order valence-corrected chi connectivity index (χ0v) is 16.3. The molecule has 0 atom stereocenters. The zero-order chi connectivity index (χ0) is 21.4. The van der Waals surface area contributed by atoms with Crippen LogP contribution in [0.2, 0.25) is 0 Å². The van der Waals surface area contributed by atoms with Crippen molar-refractivity contribution in [2.24, 2.45) is 15.7 Å². The van der Waals surface area contributed by atoms with Gasteiger partial charge in [-0.15, -0.1) is 0 Å². The van der Waals surface area contributed by atoms with Gasteiger partial charge in [0.05, 0.1) is 29.1 Å². The molecule has 0 aliphatic rings. The molecule has 1 aromatic heterocycles. The van der Waals surface area contributed by atoms with Crippen molar-refractivity contribution in [3.63, 3.8) is 0 Å². The third-order valence-electron chi connectivity index (χ3n) is 4.04. The van der Waals surface area contributed by atoms with Gasteiger partial charge in [-0.1, -0.05) is 5.57 Å². The molecular formula is C20H22F2N6O. The van der Waals surface area contributed by atoms with Crippen LogP contribution in [0.25, 0.3) is 0 Å². The van der Waals surface area contributed by atoms with Gasteiger partial charge in [0.1, 0.15) is 12.3 Å². The Balaban J connectivity index is 2.45. The van der Waals surface area contributed by atoms with Crippen LogP contribution in [0.1, 0.15) is 30.2 Å². The Hall–Kier alpha value is -3.38. The van der Waals surface area contributed by atoms with Crippen LogP contribution < -0.4 is 10.5 Å². The maximum Gasteiger partial charge on any atom is 0.257 e. The summed E-state index contributed by atoms with van der Waals surface area (Å²) in [6, 6.07) is 6.81. The third kappa shape index (κ3) is 5.80. The lowest BCUT2D eigenvalue weighted by molar-refractivity contribution is 0.121. The fourth-order valence-corrected chi connectivity index (χ4v) is 2.48. The van der Waals surface area contributed by atoms with Crippen molar-refractivity contribution in [1.82, 2.24) is 9.78 Å². The molecule has 0 unspecified atom stereocenters. The number of hydrogen-bond donors (Lipinski definition) is 1. The van der Waals surface area contributed by atoms with Gasteiger partial charge in [0, 0.05) is 6.20 Å². The highest BCUT2D eigenvalue weighted by atomic mass is 19.3. The van der Waals surface area contributed by atoms with Crippen molar-refractivity contribution in [1.29, 1.82) is 5.26 Å². The lowest BCUT2D eigenvalue weighted by atomic mass is 10.1. The van der Waals surface area contributed by atoms with E-state index >= 15 is 0 Å². The maximum atomic E-state index is 12.7. The molecule has 0 bridgehead atoms. The van der Waals surface area contributed by atoms with Gasteiger partial charge in [-0.2, -0.15) is 10.4 Å². The summed E-state index contributed by atoms with van der Waals surface area (Å²) in [6.07, 6.45) is 1.15. The van der Waals surface area contributed by atoms with Crippen LogP contribution in [-0.4, -0.2) is 35.3 Å². The minimum atomic E-state index is -2.54. The Labute approximate surface area is 167 Å². The first-order valence-electron chi connectivity index (χ1n) is 8.82. The number of benzene rings is 1. The fraction of sp³-hybridized carbons (Fsp3) is 0.300. The van der Waals surface area contributed by atoms with Crippen molar-refractivity contribution in [2.45, 2.75) is 33.2 Å². The zero-order valence-electron chi connectivity index (χ0n) is 16.3. The van der Waals surface area contributed by atoms with E-state index in [-0.39, 0.29) is 0 Å². The van der Waals surface area contributed by atoms with Crippen molar-refractivity contribution in [3.05, 3.63) is 53.0 Å². The predicted octanol–water partition coefficient (Wildman–Crippen LogP) is 3.82. The number of ether oxygens (including phenoxy) is 1. The van der Waals surface area contributed by atoms with Crippen LogP contribution in [0.3, 0.4) is 0 Å². The van der Waals surface area contributed by atoms with Gasteiger partial charge in [-0.3, -0.25) is 4.68 Å². The molecule has 0 radical (unpaired) electrons. The fourth-order valence-electron chi connectivity index (χ4n) is 2.48. The Kier molecular flexibility index (Phi) is 7.74. The molecule has 9 heteroatoms. The average molecular weight is 400 g/mol. The molecule has 2 rings (SSSR count). The molecule has 2 N–H and O–H groups in total. The lowest BCUT2D eigenvalue weighted by Gasteiger charge is -2.11. The van der Waals surface area contributed by atoms with Crippen molar-refractivity contribution >= 4 is 12.6 Å². The van der Waals surface area contributed by atoms with E-state index in [4.69, 9.17) is 10.5 Å². The summed E-state index contributed by atoms with van der Waals surface area (Å²) in [4.78, 5) is 8.30. The Morgan fingerprint density at radius 3 is 2.83 bits per heavy atom. The predicted molar refractivity (Wildman–Crippen MR) is 108 cm³/mol. The molecule has 0 amide bonds. The monoisotopic (exact) mass is 400 g/mol. The van der Waals surface area contributed by atoms with E-state index < -0.39 is 13.0 Å². The van der Waals surface area contributed by atoms with Gasteiger partial charge < -0.3 is 10.5 Å². The van der Waals surface area contributed by atoms with Gasteiger partial charge in [-0.05, 0) is 51.7 Å². The number of aromatic nitrogens is 2. The van der Waals surface area contributed by atoms with Gasteiger partial charge in [-0.25, -0.2) is 18.8 Å². The van der Waals surface area contributed by atoms with E-state index in [1.54, 1.807) is 25.3 Å². The number of nitrogens with zero attached hydrogens (tertiary/aromatic N) is 5. The second kappa shape index (κ2) is 10.2. The summed E-state index contributed by atoms with van der Waals surface area (Å²) in [5.74, 6) is 0.874. The molecule has 0 aliphatic heterocycles. The SMILES string of the molecule is C=NC(=N/C=C(\C)CCN)c1ccc(C#N)cc1Oc1cnn(CC(F)F)c1C. The van der Waals surface area contributed by atoms with Gasteiger partial charge in [0.2, 0.25) is 0 Å². The summed E-state index contributed by atoms with van der Waals surface area (Å²) >= 11 is 0. The Morgan fingerprint density at radius 1 is 1.45 bits per heavy atom. The second-order valence-corrected chi connectivity index (χ2v) is 6.22. The summed E-state index contributed by atoms with van der Waals surface area (Å²) in [5.41, 5.74) is 7.79. The smallest absolute Gasteiger partial charge is 0.257 e. The Bertz CT molecular complexity index is 972. The normalized spacial score (nSPS) is 12.2. The van der Waals surface area contributed by atoms with Crippen molar-refractivity contribution in [3.8, 4) is 17.6 Å². The molecule has 0 saturated carbocycles. The molecule has 0 spiro atoms. The molecule has 152 valence electrons. The van der Waals surface area contributed by atoms with E-state index in [0.717, 1.165) is 10.3 Å². The number of amidine groups is 1. The first kappa shape index (κ1) is 21.9. The standard InChI is InChI=1S/C20H22F2N6O/c1-13(6-7-23)10-26-20(25-3)16-5-4-15(9-24)8-17(16)29-18-11-27-28(14(18)2)12-19(21)22/h4-5,8,10-11,19H,3,6-7,12,23H2,1-2H3/b13-10+,26-20?. The van der Waals surface area contributed by atoms with E-state index in [2.05, 4.69) is 21.8 Å². The van der Waals surface area contributed by atoms with E-state index in [1.807, 2.05) is 13.0 Å². The molecule has 1 heterocycles. The first-order valence-corrected chi connectivity index (χ1v) is 8.82. The Morgan fingerprint density at radius 2 is 2.21 bits per heavy atom. The van der Waals surface area contributed by atoms with E-state index in [0.29, 0.717) is 47.1 Å². The maximum absolute atomic E-state index is 12.7. The quantitative estimate of drug-likeness (QED) is 0.537. The molecular weight excluding hydrogens is 378 g/mol. The summed E-state index contributed by atoms with van der Waals surface area (Å²) in [5, 5.41) is 13.1. The topological polar surface area (TPSA) is 102 Å². The summed E-state index contributed by atoms with van der Waals surface area (Å²) < 4.78 is 32.4. The lowest BCUT2D eigenvalue weighted by Crippen LogP contribution is -2.09. The number of rotatable bonds is 8. The second-order valence-electron chi connectivity index (χ2n) is 6.22.